The van der Waals surface area contributed by atoms with Gasteiger partial charge in [-0.3, -0.25) is 4.99 Å². The van der Waals surface area contributed by atoms with Gasteiger partial charge in [0.2, 0.25) is 0 Å². The molecule has 2 N–H and O–H groups in total. The number of hydrogen-bond donors (Lipinski definition) is 2. The topological polar surface area (TPSA) is 39.7 Å². The highest BCUT2D eigenvalue weighted by atomic mass is 127. The van der Waals surface area contributed by atoms with Crippen LogP contribution < -0.4 is 10.6 Å². The zero-order chi connectivity index (χ0) is 17.6. The molecular weight excluding hydrogens is 466 g/mol. The normalized spacial score (nSPS) is 19.1. The van der Waals surface area contributed by atoms with Crippen molar-refractivity contribution < 1.29 is 4.39 Å². The molecule has 1 aromatic carbocycles. The molecule has 0 radical (unpaired) electrons. The molecule has 2 aliphatic rings. The third kappa shape index (κ3) is 6.23. The van der Waals surface area contributed by atoms with Crippen LogP contribution in [0.1, 0.15) is 38.2 Å². The van der Waals surface area contributed by atoms with Gasteiger partial charge in [-0.1, -0.05) is 17.7 Å². The van der Waals surface area contributed by atoms with Crippen LogP contribution in [0.25, 0.3) is 0 Å². The van der Waals surface area contributed by atoms with Crippen LogP contribution in [0.5, 0.6) is 0 Å². The predicted molar refractivity (Wildman–Crippen MR) is 117 cm³/mol. The van der Waals surface area contributed by atoms with Gasteiger partial charge in [0.05, 0.1) is 0 Å². The maximum absolute atomic E-state index is 13.8. The van der Waals surface area contributed by atoms with Crippen LogP contribution in [0.2, 0.25) is 5.02 Å². The third-order valence-corrected chi connectivity index (χ3v) is 5.33. The number of guanidine groups is 1. The molecule has 1 aromatic rings. The Bertz CT molecular complexity index is 581. The summed E-state index contributed by atoms with van der Waals surface area (Å²) in [7, 11) is 0. The number of rotatable bonds is 6. The molecule has 3 rings (SSSR count). The van der Waals surface area contributed by atoms with Gasteiger partial charge >= 0.3 is 0 Å². The molecule has 1 saturated heterocycles. The van der Waals surface area contributed by atoms with Crippen LogP contribution >= 0.6 is 35.6 Å². The lowest BCUT2D eigenvalue weighted by atomic mass is 10.1. The molecule has 0 bridgehead atoms. The predicted octanol–water partition coefficient (Wildman–Crippen LogP) is 3.82. The molecule has 26 heavy (non-hydrogen) atoms. The van der Waals surface area contributed by atoms with Crippen LogP contribution in [0.3, 0.4) is 0 Å². The quantitative estimate of drug-likeness (QED) is 0.359. The van der Waals surface area contributed by atoms with Gasteiger partial charge in [-0.05, 0) is 51.2 Å². The first-order valence-electron chi connectivity index (χ1n) is 9.39. The Hall–Kier alpha value is -0.600. The van der Waals surface area contributed by atoms with Crippen LogP contribution in [0.15, 0.2) is 23.2 Å². The highest BCUT2D eigenvalue weighted by Gasteiger charge is 2.31. The lowest BCUT2D eigenvalue weighted by Crippen LogP contribution is -2.49. The van der Waals surface area contributed by atoms with Crippen molar-refractivity contribution in [1.82, 2.24) is 15.5 Å². The summed E-state index contributed by atoms with van der Waals surface area (Å²) in [6, 6.07) is 6.12. The van der Waals surface area contributed by atoms with Crippen molar-refractivity contribution in [3.8, 4) is 0 Å². The van der Waals surface area contributed by atoms with E-state index >= 15 is 0 Å². The van der Waals surface area contributed by atoms with Crippen molar-refractivity contribution in [2.24, 2.45) is 4.99 Å². The molecule has 0 amide bonds. The maximum atomic E-state index is 13.8. The van der Waals surface area contributed by atoms with Crippen molar-refractivity contribution in [3.63, 3.8) is 0 Å². The first-order chi connectivity index (χ1) is 12.2. The maximum Gasteiger partial charge on any atom is 0.191 e. The summed E-state index contributed by atoms with van der Waals surface area (Å²) in [5, 5.41) is 7.30. The Morgan fingerprint density at radius 3 is 2.62 bits per heavy atom. The smallest absolute Gasteiger partial charge is 0.191 e. The molecule has 7 heteroatoms. The van der Waals surface area contributed by atoms with Gasteiger partial charge in [-0.25, -0.2) is 4.39 Å². The van der Waals surface area contributed by atoms with Crippen LogP contribution in [0, 0.1) is 5.82 Å². The Labute approximate surface area is 178 Å². The van der Waals surface area contributed by atoms with Gasteiger partial charge in [0.15, 0.2) is 5.96 Å². The monoisotopic (exact) mass is 494 g/mol. The largest absolute Gasteiger partial charge is 0.357 e. The lowest BCUT2D eigenvalue weighted by molar-refractivity contribution is 0.197. The van der Waals surface area contributed by atoms with E-state index in [0.717, 1.165) is 31.4 Å². The first-order valence-corrected chi connectivity index (χ1v) is 9.77. The first kappa shape index (κ1) is 21.7. The van der Waals surface area contributed by atoms with E-state index in [4.69, 9.17) is 11.6 Å². The van der Waals surface area contributed by atoms with E-state index < -0.39 is 0 Å². The molecule has 0 atom stereocenters. The summed E-state index contributed by atoms with van der Waals surface area (Å²) in [4.78, 5) is 7.22. The summed E-state index contributed by atoms with van der Waals surface area (Å²) in [5.41, 5.74) is 0.543. The van der Waals surface area contributed by atoms with Crippen LogP contribution in [0.4, 0.5) is 4.39 Å². The number of halogens is 3. The van der Waals surface area contributed by atoms with Gasteiger partial charge in [-0.15, -0.1) is 24.0 Å². The number of nitrogens with one attached hydrogen (secondary N) is 2. The Kier molecular flexibility index (Phi) is 8.90. The van der Waals surface area contributed by atoms with Gasteiger partial charge in [0.25, 0.3) is 0 Å². The van der Waals surface area contributed by atoms with Crippen molar-refractivity contribution in [1.29, 1.82) is 0 Å². The summed E-state index contributed by atoms with van der Waals surface area (Å²) in [5.74, 6) is 0.563. The zero-order valence-electron chi connectivity index (χ0n) is 15.3. The van der Waals surface area contributed by atoms with Gasteiger partial charge in [0.1, 0.15) is 5.82 Å². The minimum Gasteiger partial charge on any atom is -0.357 e. The molecule has 0 aromatic heterocycles. The zero-order valence-corrected chi connectivity index (χ0v) is 18.4. The molecule has 1 heterocycles. The number of benzene rings is 1. The van der Waals surface area contributed by atoms with E-state index in [-0.39, 0.29) is 29.8 Å². The molecule has 0 unspecified atom stereocenters. The van der Waals surface area contributed by atoms with E-state index in [2.05, 4.69) is 27.4 Å². The average molecular weight is 495 g/mol. The van der Waals surface area contributed by atoms with Crippen LogP contribution in [-0.4, -0.2) is 49.1 Å². The molecule has 2 fully saturated rings. The Morgan fingerprint density at radius 2 is 2.00 bits per heavy atom. The fraction of sp³-hybridized carbons (Fsp3) is 0.632. The SMILES string of the molecule is CCNC(=NCCc1c(F)cccc1Cl)NC1CCN(C2CC2)CC1.I. The number of likely N-dealkylation sites (tertiary alicyclic amines) is 1. The van der Waals surface area contributed by atoms with Gasteiger partial charge in [-0.2, -0.15) is 0 Å². The minimum atomic E-state index is -0.256. The van der Waals surface area contributed by atoms with Crippen molar-refractivity contribution in [2.45, 2.75) is 51.1 Å². The van der Waals surface area contributed by atoms with Crippen LogP contribution in [-0.2, 0) is 6.42 Å². The van der Waals surface area contributed by atoms with E-state index in [1.54, 1.807) is 12.1 Å². The molecule has 4 nitrogen and oxygen atoms in total. The Balaban J connectivity index is 0.00000243. The number of piperidine rings is 1. The summed E-state index contributed by atoms with van der Waals surface area (Å²) in [6.07, 6.45) is 5.56. The van der Waals surface area contributed by atoms with Crippen molar-refractivity contribution in [2.75, 3.05) is 26.2 Å². The highest BCUT2D eigenvalue weighted by Crippen LogP contribution is 2.29. The second-order valence-electron chi connectivity index (χ2n) is 6.90. The van der Waals surface area contributed by atoms with E-state index in [9.17, 15) is 4.39 Å². The molecular formula is C19H29ClFIN4. The summed E-state index contributed by atoms with van der Waals surface area (Å²) >= 11 is 6.08. The standard InChI is InChI=1S/C19H28ClFN4.HI/c1-2-22-19(23-11-8-16-17(20)4-3-5-18(16)21)24-14-9-12-25(13-10-14)15-6-7-15;/h3-5,14-15H,2,6-13H2,1H3,(H2,22,23,24);1H. The summed E-state index contributed by atoms with van der Waals surface area (Å²) < 4.78 is 13.8. The van der Waals surface area contributed by atoms with E-state index in [0.29, 0.717) is 29.6 Å². The minimum absolute atomic E-state index is 0. The Morgan fingerprint density at radius 1 is 1.27 bits per heavy atom. The van der Waals surface area contributed by atoms with Crippen molar-refractivity contribution >= 4 is 41.5 Å². The molecule has 1 saturated carbocycles. The second-order valence-corrected chi connectivity index (χ2v) is 7.30. The third-order valence-electron chi connectivity index (χ3n) is 4.97. The number of aliphatic imine (C=N–C) groups is 1. The molecule has 1 aliphatic carbocycles. The molecule has 1 aliphatic heterocycles. The summed E-state index contributed by atoms with van der Waals surface area (Å²) in [6.45, 7) is 5.73. The highest BCUT2D eigenvalue weighted by molar-refractivity contribution is 14.0. The number of hydrogen-bond acceptors (Lipinski definition) is 2. The van der Waals surface area contributed by atoms with E-state index in [1.165, 1.54) is 32.0 Å². The average Bonchev–Trinajstić information content (AvgIpc) is 3.43. The van der Waals surface area contributed by atoms with E-state index in [1.807, 2.05) is 0 Å². The van der Waals surface area contributed by atoms with Gasteiger partial charge in [0, 0.05) is 48.8 Å². The fourth-order valence-corrected chi connectivity index (χ4v) is 3.67. The van der Waals surface area contributed by atoms with Crippen molar-refractivity contribution in [3.05, 3.63) is 34.6 Å². The lowest BCUT2D eigenvalue weighted by Gasteiger charge is -2.33. The van der Waals surface area contributed by atoms with Gasteiger partial charge < -0.3 is 15.5 Å². The second kappa shape index (κ2) is 10.7. The molecule has 0 spiro atoms. The number of nitrogens with zero attached hydrogens (tertiary/aromatic N) is 2. The molecule has 146 valence electrons. The fourth-order valence-electron chi connectivity index (χ4n) is 3.41.